The van der Waals surface area contributed by atoms with Crippen LogP contribution in [-0.4, -0.2) is 36.6 Å². The Morgan fingerprint density at radius 3 is 2.38 bits per heavy atom. The molecule has 0 amide bonds. The fourth-order valence-electron chi connectivity index (χ4n) is 3.68. The summed E-state index contributed by atoms with van der Waals surface area (Å²) in [5.74, 6) is 1.08. The second kappa shape index (κ2) is 4.66. The lowest BCUT2D eigenvalue weighted by Gasteiger charge is -2.47. The quantitative estimate of drug-likeness (QED) is 0.786. The molecule has 3 fully saturated rings. The summed E-state index contributed by atoms with van der Waals surface area (Å²) in [6.45, 7) is 1.28. The second-order valence-corrected chi connectivity index (χ2v) is 6.26. The lowest BCUT2D eigenvalue weighted by Crippen LogP contribution is -2.54. The monoisotopic (exact) mass is 222 g/mol. The van der Waals surface area contributed by atoms with Crippen LogP contribution in [0.5, 0.6) is 0 Å². The van der Waals surface area contributed by atoms with Gasteiger partial charge in [0.2, 0.25) is 0 Å². The Morgan fingerprint density at radius 2 is 1.75 bits per heavy atom. The van der Waals surface area contributed by atoms with Crippen LogP contribution in [0.15, 0.2) is 0 Å². The van der Waals surface area contributed by atoms with Gasteiger partial charge >= 0.3 is 0 Å². The van der Waals surface area contributed by atoms with E-state index in [9.17, 15) is 0 Å². The maximum atomic E-state index is 3.82. The van der Waals surface area contributed by atoms with Gasteiger partial charge in [0, 0.05) is 18.1 Å². The van der Waals surface area contributed by atoms with Gasteiger partial charge in [0.15, 0.2) is 0 Å². The number of hydrogen-bond acceptors (Lipinski definition) is 2. The van der Waals surface area contributed by atoms with Crippen molar-refractivity contribution in [3.8, 4) is 0 Å². The molecule has 1 N–H and O–H groups in total. The molecular weight excluding hydrogens is 196 g/mol. The van der Waals surface area contributed by atoms with Gasteiger partial charge in [-0.2, -0.15) is 0 Å². The molecule has 2 aliphatic heterocycles. The molecule has 3 rings (SSSR count). The van der Waals surface area contributed by atoms with E-state index in [1.807, 2.05) is 0 Å². The molecule has 2 atom stereocenters. The molecule has 2 nitrogen and oxygen atoms in total. The van der Waals surface area contributed by atoms with Gasteiger partial charge in [-0.25, -0.2) is 0 Å². The fraction of sp³-hybridized carbons (Fsp3) is 1.00. The molecule has 3 aliphatic rings. The molecule has 2 saturated heterocycles. The van der Waals surface area contributed by atoms with Crippen molar-refractivity contribution < 1.29 is 0 Å². The molecule has 2 unspecified atom stereocenters. The lowest BCUT2D eigenvalue weighted by molar-refractivity contribution is 0.0486. The molecule has 0 aromatic heterocycles. The molecule has 0 spiro atoms. The van der Waals surface area contributed by atoms with Gasteiger partial charge in [-0.3, -0.25) is 0 Å². The van der Waals surface area contributed by atoms with Crippen molar-refractivity contribution in [3.05, 3.63) is 0 Å². The number of rotatable bonds is 4. The summed E-state index contributed by atoms with van der Waals surface area (Å²) in [6.07, 6.45) is 11.6. The van der Waals surface area contributed by atoms with E-state index in [1.54, 1.807) is 0 Å². The summed E-state index contributed by atoms with van der Waals surface area (Å²) in [6, 6.07) is 2.59. The van der Waals surface area contributed by atoms with E-state index >= 15 is 0 Å². The molecule has 0 radical (unpaired) electrons. The maximum absolute atomic E-state index is 3.82. The van der Waals surface area contributed by atoms with E-state index < -0.39 is 0 Å². The predicted molar refractivity (Wildman–Crippen MR) is 67.6 cm³/mol. The molecular formula is C14H26N2. The highest BCUT2D eigenvalue weighted by atomic mass is 15.2. The van der Waals surface area contributed by atoms with E-state index in [0.29, 0.717) is 0 Å². The highest BCUT2D eigenvalue weighted by Gasteiger charge is 2.35. The first kappa shape index (κ1) is 11.0. The molecule has 2 bridgehead atoms. The minimum absolute atomic E-state index is 0.824. The van der Waals surface area contributed by atoms with Gasteiger partial charge in [-0.1, -0.05) is 19.3 Å². The molecule has 16 heavy (non-hydrogen) atoms. The van der Waals surface area contributed by atoms with E-state index in [2.05, 4.69) is 17.3 Å². The zero-order valence-electron chi connectivity index (χ0n) is 10.6. The maximum Gasteiger partial charge on any atom is 0.0110 e. The molecule has 0 aromatic rings. The van der Waals surface area contributed by atoms with Crippen molar-refractivity contribution in [1.82, 2.24) is 10.2 Å². The average molecular weight is 222 g/mol. The lowest BCUT2D eigenvalue weighted by atomic mass is 9.82. The van der Waals surface area contributed by atoms with Crippen LogP contribution in [0, 0.1) is 5.92 Å². The Hall–Kier alpha value is -0.0800. The Labute approximate surface area is 99.8 Å². The van der Waals surface area contributed by atoms with Crippen molar-refractivity contribution in [2.45, 2.75) is 69.5 Å². The zero-order chi connectivity index (χ0) is 11.0. The Morgan fingerprint density at radius 1 is 1.06 bits per heavy atom. The highest BCUT2D eigenvalue weighted by molar-refractivity contribution is 4.93. The second-order valence-electron chi connectivity index (χ2n) is 6.26. The topological polar surface area (TPSA) is 15.3 Å². The number of fused-ring (bicyclic) bond motifs is 2. The van der Waals surface area contributed by atoms with Crippen molar-refractivity contribution in [2.75, 3.05) is 13.6 Å². The van der Waals surface area contributed by atoms with E-state index in [1.165, 1.54) is 57.9 Å². The first-order valence-electron chi connectivity index (χ1n) is 7.28. The number of piperidine rings is 2. The van der Waals surface area contributed by atoms with Gasteiger partial charge in [0.25, 0.3) is 0 Å². The summed E-state index contributed by atoms with van der Waals surface area (Å²) in [5.41, 5.74) is 0. The molecule has 1 saturated carbocycles. The van der Waals surface area contributed by atoms with Crippen LogP contribution in [0.25, 0.3) is 0 Å². The fourth-order valence-corrected chi connectivity index (χ4v) is 3.68. The normalized spacial score (nSPS) is 39.9. The van der Waals surface area contributed by atoms with Gasteiger partial charge in [0.05, 0.1) is 0 Å². The van der Waals surface area contributed by atoms with E-state index in [-0.39, 0.29) is 0 Å². The van der Waals surface area contributed by atoms with Gasteiger partial charge < -0.3 is 10.2 Å². The van der Waals surface area contributed by atoms with Crippen molar-refractivity contribution in [2.24, 2.45) is 5.92 Å². The average Bonchev–Trinajstić information content (AvgIpc) is 3.03. The van der Waals surface area contributed by atoms with Crippen LogP contribution in [0.4, 0.5) is 0 Å². The summed E-state index contributed by atoms with van der Waals surface area (Å²) in [7, 11) is 2.34. The van der Waals surface area contributed by atoms with Gasteiger partial charge in [-0.05, 0) is 51.6 Å². The molecule has 2 heteroatoms. The van der Waals surface area contributed by atoms with Gasteiger partial charge in [-0.15, -0.1) is 0 Å². The van der Waals surface area contributed by atoms with Crippen LogP contribution in [0.1, 0.15) is 51.4 Å². The third-order valence-corrected chi connectivity index (χ3v) is 5.02. The highest BCUT2D eigenvalue weighted by Crippen LogP contribution is 2.34. The third kappa shape index (κ3) is 2.43. The molecule has 2 heterocycles. The SMILES string of the molecule is CN1C2CCCC1CC(NCCC1CC1)C2. The summed E-state index contributed by atoms with van der Waals surface area (Å²) in [5, 5.41) is 3.82. The minimum Gasteiger partial charge on any atom is -0.314 e. The summed E-state index contributed by atoms with van der Waals surface area (Å²) in [4.78, 5) is 2.66. The largest absolute Gasteiger partial charge is 0.314 e. The molecule has 1 aliphatic carbocycles. The van der Waals surface area contributed by atoms with Crippen LogP contribution in [0.3, 0.4) is 0 Å². The summed E-state index contributed by atoms with van der Waals surface area (Å²) < 4.78 is 0. The van der Waals surface area contributed by atoms with E-state index in [0.717, 1.165) is 24.0 Å². The van der Waals surface area contributed by atoms with E-state index in [4.69, 9.17) is 0 Å². The first-order chi connectivity index (χ1) is 7.83. The number of hydrogen-bond donors (Lipinski definition) is 1. The standard InChI is InChI=1S/C14H26N2/c1-16-13-3-2-4-14(16)10-12(9-13)15-8-7-11-5-6-11/h11-15H,2-10H2,1H3. The van der Waals surface area contributed by atoms with Crippen LogP contribution >= 0.6 is 0 Å². The van der Waals surface area contributed by atoms with Crippen LogP contribution < -0.4 is 5.32 Å². The number of nitrogens with one attached hydrogen (secondary N) is 1. The van der Waals surface area contributed by atoms with Crippen LogP contribution in [-0.2, 0) is 0 Å². The Bertz CT molecular complexity index is 223. The molecule has 0 aromatic carbocycles. The zero-order valence-corrected chi connectivity index (χ0v) is 10.6. The van der Waals surface area contributed by atoms with Crippen molar-refractivity contribution >= 4 is 0 Å². The Balaban J connectivity index is 1.45. The number of nitrogens with zero attached hydrogens (tertiary/aromatic N) is 1. The molecule has 92 valence electrons. The van der Waals surface area contributed by atoms with Crippen molar-refractivity contribution in [3.63, 3.8) is 0 Å². The van der Waals surface area contributed by atoms with Crippen molar-refractivity contribution in [1.29, 1.82) is 0 Å². The minimum atomic E-state index is 0.824. The third-order valence-electron chi connectivity index (χ3n) is 5.02. The first-order valence-corrected chi connectivity index (χ1v) is 7.28. The summed E-state index contributed by atoms with van der Waals surface area (Å²) >= 11 is 0. The Kier molecular flexibility index (Phi) is 3.21. The van der Waals surface area contributed by atoms with Gasteiger partial charge in [0.1, 0.15) is 0 Å². The van der Waals surface area contributed by atoms with Crippen LogP contribution in [0.2, 0.25) is 0 Å². The smallest absolute Gasteiger partial charge is 0.0110 e. The predicted octanol–water partition coefficient (Wildman–Crippen LogP) is 2.39.